The van der Waals surface area contributed by atoms with E-state index in [1.54, 1.807) is 0 Å². The number of nitrogens with zero attached hydrogens (tertiary/aromatic N) is 1. The monoisotopic (exact) mass is 247 g/mol. The van der Waals surface area contributed by atoms with E-state index < -0.39 is 10.1 Å². The maximum atomic E-state index is 10.4. The van der Waals surface area contributed by atoms with Gasteiger partial charge < -0.3 is 22.0 Å². The Hall–Kier alpha value is 0.120. The first kappa shape index (κ1) is 16.5. The zero-order chi connectivity index (χ0) is 10.5. The van der Waals surface area contributed by atoms with Crippen LogP contribution in [0.15, 0.2) is 0 Å². The Morgan fingerprint density at radius 2 is 1.71 bits per heavy atom. The largest absolute Gasteiger partial charge is 1.00 e. The quantitative estimate of drug-likeness (QED) is 0.375. The Labute approximate surface area is 91.5 Å². The summed E-state index contributed by atoms with van der Waals surface area (Å²) in [6.07, 6.45) is 0.409. The van der Waals surface area contributed by atoms with Crippen molar-refractivity contribution in [2.45, 2.75) is 6.42 Å². The fraction of sp³-hybridized carbons (Fsp3) is 1.00. The van der Waals surface area contributed by atoms with Gasteiger partial charge in [0, 0.05) is 6.42 Å². The second-order valence-electron chi connectivity index (χ2n) is 3.75. The van der Waals surface area contributed by atoms with E-state index in [9.17, 15) is 8.42 Å². The third-order valence-corrected chi connectivity index (χ3v) is 2.68. The smallest absolute Gasteiger partial charge is 0.265 e. The minimum Gasteiger partial charge on any atom is -1.00 e. The number of aliphatic hydroxyl groups excluding tert-OH is 1. The lowest BCUT2D eigenvalue weighted by molar-refractivity contribution is -0.890. The summed E-state index contributed by atoms with van der Waals surface area (Å²) in [5.74, 6) is -0.208. The van der Waals surface area contributed by atoms with E-state index in [-0.39, 0.29) is 24.8 Å². The van der Waals surface area contributed by atoms with Gasteiger partial charge in [0.1, 0.15) is 6.54 Å². The van der Waals surface area contributed by atoms with Crippen molar-refractivity contribution in [3.05, 3.63) is 0 Å². The molecule has 88 valence electrons. The topological polar surface area (TPSA) is 74.6 Å². The van der Waals surface area contributed by atoms with Crippen LogP contribution < -0.4 is 12.4 Å². The number of rotatable bonds is 6. The van der Waals surface area contributed by atoms with Crippen molar-refractivity contribution < 1.29 is 35.0 Å². The van der Waals surface area contributed by atoms with E-state index in [1.807, 2.05) is 14.1 Å². The van der Waals surface area contributed by atoms with Crippen LogP contribution in [0.3, 0.4) is 0 Å². The molecular formula is C7H18ClNO4S. The normalized spacial score (nSPS) is 12.3. The first-order valence-electron chi connectivity index (χ1n) is 4.15. The summed E-state index contributed by atoms with van der Waals surface area (Å²) in [6, 6.07) is 0. The Kier molecular flexibility index (Phi) is 7.77. The Morgan fingerprint density at radius 3 is 2.07 bits per heavy atom. The summed E-state index contributed by atoms with van der Waals surface area (Å²) in [6.45, 7) is 1.30. The van der Waals surface area contributed by atoms with Gasteiger partial charge in [-0.1, -0.05) is 0 Å². The van der Waals surface area contributed by atoms with Gasteiger partial charge in [-0.15, -0.1) is 0 Å². The van der Waals surface area contributed by atoms with Crippen molar-refractivity contribution in [1.82, 2.24) is 0 Å². The third-order valence-electron chi connectivity index (χ3n) is 1.87. The van der Waals surface area contributed by atoms with Gasteiger partial charge in [0.15, 0.2) is 0 Å². The van der Waals surface area contributed by atoms with Crippen LogP contribution in [0.4, 0.5) is 0 Å². The molecule has 14 heavy (non-hydrogen) atoms. The Bertz CT molecular complexity index is 240. The molecule has 0 aliphatic rings. The van der Waals surface area contributed by atoms with Crippen LogP contribution in [0, 0.1) is 0 Å². The van der Waals surface area contributed by atoms with E-state index in [0.717, 1.165) is 0 Å². The van der Waals surface area contributed by atoms with Crippen LogP contribution in [0.25, 0.3) is 0 Å². The Balaban J connectivity index is 0. The molecule has 0 spiro atoms. The van der Waals surface area contributed by atoms with Crippen molar-refractivity contribution in [3.8, 4) is 0 Å². The van der Waals surface area contributed by atoms with E-state index in [0.29, 0.717) is 24.0 Å². The minimum atomic E-state index is -3.83. The summed E-state index contributed by atoms with van der Waals surface area (Å²) in [5.41, 5.74) is 0. The highest BCUT2D eigenvalue weighted by molar-refractivity contribution is 7.85. The number of likely N-dealkylation sites (N-methyl/N-ethyl adjacent to an activating group) is 1. The van der Waals surface area contributed by atoms with Gasteiger partial charge in [0.25, 0.3) is 10.1 Å². The average Bonchev–Trinajstić information content (AvgIpc) is 1.82. The summed E-state index contributed by atoms with van der Waals surface area (Å²) < 4.78 is 29.8. The maximum Gasteiger partial charge on any atom is 0.265 e. The highest BCUT2D eigenvalue weighted by Crippen LogP contribution is 1.99. The van der Waals surface area contributed by atoms with Crippen molar-refractivity contribution in [2.24, 2.45) is 0 Å². The van der Waals surface area contributed by atoms with Crippen molar-refractivity contribution in [2.75, 3.05) is 39.5 Å². The van der Waals surface area contributed by atoms with Gasteiger partial charge in [-0.25, -0.2) is 0 Å². The molecule has 0 saturated heterocycles. The molecule has 0 radical (unpaired) electrons. The molecule has 7 heteroatoms. The highest BCUT2D eigenvalue weighted by atomic mass is 35.5. The van der Waals surface area contributed by atoms with Crippen LogP contribution in [-0.4, -0.2) is 62.1 Å². The second kappa shape index (κ2) is 6.58. The Morgan fingerprint density at radius 1 is 1.21 bits per heavy atom. The van der Waals surface area contributed by atoms with E-state index >= 15 is 0 Å². The predicted molar refractivity (Wildman–Crippen MR) is 50.0 cm³/mol. The molecule has 0 saturated carbocycles. The van der Waals surface area contributed by atoms with Gasteiger partial charge in [0.2, 0.25) is 0 Å². The minimum absolute atomic E-state index is 0. The molecule has 0 fully saturated rings. The summed E-state index contributed by atoms with van der Waals surface area (Å²) in [5, 5.41) is 8.68. The summed E-state index contributed by atoms with van der Waals surface area (Å²) in [4.78, 5) is 0. The lowest BCUT2D eigenvalue weighted by Gasteiger charge is -2.28. The lowest BCUT2D eigenvalue weighted by atomic mass is 10.4. The number of hydrogen-bond acceptors (Lipinski definition) is 3. The van der Waals surface area contributed by atoms with Gasteiger partial charge in [-0.05, 0) is 0 Å². The molecule has 0 aromatic heterocycles. The molecule has 0 amide bonds. The van der Waals surface area contributed by atoms with Crippen molar-refractivity contribution in [3.63, 3.8) is 0 Å². The molecule has 0 bridgehead atoms. The number of quaternary nitrogens is 1. The summed E-state index contributed by atoms with van der Waals surface area (Å²) in [7, 11) is -0.0280. The van der Waals surface area contributed by atoms with E-state index in [4.69, 9.17) is 9.66 Å². The SMILES string of the molecule is C[N+](C)(CCO)CCCS(=O)(=O)O.[Cl-]. The first-order chi connectivity index (χ1) is 5.77. The molecule has 0 heterocycles. The highest BCUT2D eigenvalue weighted by Gasteiger charge is 2.15. The number of hydrogen-bond donors (Lipinski definition) is 2. The molecule has 0 aromatic carbocycles. The molecule has 5 nitrogen and oxygen atoms in total. The molecule has 0 atom stereocenters. The molecule has 2 N–H and O–H groups in total. The third kappa shape index (κ3) is 10.2. The maximum absolute atomic E-state index is 10.4. The second-order valence-corrected chi connectivity index (χ2v) is 5.32. The van der Waals surface area contributed by atoms with Crippen LogP contribution in [0.5, 0.6) is 0 Å². The molecular weight excluding hydrogens is 230 g/mol. The predicted octanol–water partition coefficient (Wildman–Crippen LogP) is -3.66. The van der Waals surface area contributed by atoms with Crippen LogP contribution >= 0.6 is 0 Å². The van der Waals surface area contributed by atoms with Gasteiger partial charge >= 0.3 is 0 Å². The van der Waals surface area contributed by atoms with Crippen LogP contribution in [0.2, 0.25) is 0 Å². The summed E-state index contributed by atoms with van der Waals surface area (Å²) >= 11 is 0. The van der Waals surface area contributed by atoms with E-state index in [2.05, 4.69) is 0 Å². The van der Waals surface area contributed by atoms with Gasteiger partial charge in [-0.3, -0.25) is 4.55 Å². The van der Waals surface area contributed by atoms with Crippen LogP contribution in [-0.2, 0) is 10.1 Å². The molecule has 0 aromatic rings. The average molecular weight is 248 g/mol. The fourth-order valence-corrected chi connectivity index (χ4v) is 1.55. The number of aliphatic hydroxyl groups is 1. The zero-order valence-electron chi connectivity index (χ0n) is 8.48. The molecule has 0 rings (SSSR count). The number of halogens is 1. The first-order valence-corrected chi connectivity index (χ1v) is 5.76. The van der Waals surface area contributed by atoms with Gasteiger partial charge in [0.05, 0.1) is 33.0 Å². The van der Waals surface area contributed by atoms with Crippen molar-refractivity contribution in [1.29, 1.82) is 0 Å². The fourth-order valence-electron chi connectivity index (χ4n) is 1.06. The molecule has 0 aliphatic heterocycles. The lowest BCUT2D eigenvalue weighted by Crippen LogP contribution is -3.00. The molecule has 0 unspecified atom stereocenters. The standard InChI is InChI=1S/C7H17NO4S.ClH/c1-8(2,5-6-9)4-3-7-13(10,11)12;/h9H,3-7H2,1-2H3;1H. The molecule has 0 aliphatic carbocycles. The van der Waals surface area contributed by atoms with Gasteiger partial charge in [-0.2, -0.15) is 8.42 Å². The zero-order valence-corrected chi connectivity index (χ0v) is 10.1. The van der Waals surface area contributed by atoms with Crippen molar-refractivity contribution >= 4 is 10.1 Å². The van der Waals surface area contributed by atoms with E-state index in [1.165, 1.54) is 0 Å². The van der Waals surface area contributed by atoms with Crippen LogP contribution in [0.1, 0.15) is 6.42 Å².